The Labute approximate surface area is 197 Å². The van der Waals surface area contributed by atoms with Crippen molar-refractivity contribution in [1.82, 2.24) is 9.55 Å². The van der Waals surface area contributed by atoms with Crippen LogP contribution in [0.4, 0.5) is 24.5 Å². The van der Waals surface area contributed by atoms with Gasteiger partial charge in [-0.15, -0.1) is 0 Å². The van der Waals surface area contributed by atoms with Crippen LogP contribution in [0.25, 0.3) is 10.9 Å². The largest absolute Gasteiger partial charge is 0.416 e. The van der Waals surface area contributed by atoms with Crippen molar-refractivity contribution < 1.29 is 22.8 Å². The zero-order valence-corrected chi connectivity index (χ0v) is 18.4. The number of halogens is 3. The third kappa shape index (κ3) is 5.37. The van der Waals surface area contributed by atoms with Gasteiger partial charge in [0.15, 0.2) is 0 Å². The fourth-order valence-electron chi connectivity index (χ4n) is 3.52. The molecule has 2 amide bonds. The number of amides is 2. The minimum absolute atomic E-state index is 0.0160. The first kappa shape index (κ1) is 23.7. The molecule has 0 radical (unpaired) electrons. The van der Waals surface area contributed by atoms with Crippen LogP contribution in [0, 0.1) is 6.92 Å². The standard InChI is InChI=1S/C25H19F3N4O3/c1-15-5-2-10-20-22(15)29-14-32(24(20)35)13-21(33)30-18-8-3-6-16(11-18)23(34)31-19-9-4-7-17(12-19)25(26,27)28/h2-12,14H,13H2,1H3,(H,30,33)(H,31,34). The summed E-state index contributed by atoms with van der Waals surface area (Å²) in [7, 11) is 0. The van der Waals surface area contributed by atoms with Gasteiger partial charge in [-0.1, -0.05) is 24.3 Å². The number of aryl methyl sites for hydroxylation is 1. The molecule has 1 heterocycles. The molecule has 178 valence electrons. The molecule has 0 aliphatic rings. The quantitative estimate of drug-likeness (QED) is 0.436. The molecule has 0 aliphatic carbocycles. The molecule has 4 aromatic rings. The van der Waals surface area contributed by atoms with Crippen LogP contribution in [0.2, 0.25) is 0 Å². The number of nitrogens with one attached hydrogen (secondary N) is 2. The number of fused-ring (bicyclic) bond motifs is 1. The first-order chi connectivity index (χ1) is 16.6. The molecule has 0 fully saturated rings. The second-order valence-corrected chi connectivity index (χ2v) is 7.81. The predicted molar refractivity (Wildman–Crippen MR) is 125 cm³/mol. The summed E-state index contributed by atoms with van der Waals surface area (Å²) in [6.07, 6.45) is -3.23. The number of hydrogen-bond donors (Lipinski definition) is 2. The third-order valence-corrected chi connectivity index (χ3v) is 5.23. The number of hydrogen-bond acceptors (Lipinski definition) is 4. The maximum absolute atomic E-state index is 12.9. The number of nitrogens with zero attached hydrogens (tertiary/aromatic N) is 2. The Morgan fingerprint density at radius 2 is 1.63 bits per heavy atom. The van der Waals surface area contributed by atoms with Gasteiger partial charge >= 0.3 is 6.18 Å². The highest BCUT2D eigenvalue weighted by molar-refractivity contribution is 6.05. The van der Waals surface area contributed by atoms with Gasteiger partial charge < -0.3 is 10.6 Å². The van der Waals surface area contributed by atoms with Crippen LogP contribution in [0.5, 0.6) is 0 Å². The van der Waals surface area contributed by atoms with Gasteiger partial charge in [-0.3, -0.25) is 19.0 Å². The average molecular weight is 480 g/mol. The molecule has 0 saturated carbocycles. The van der Waals surface area contributed by atoms with Crippen LogP contribution in [0.1, 0.15) is 21.5 Å². The Hall–Kier alpha value is -4.47. The lowest BCUT2D eigenvalue weighted by Crippen LogP contribution is -2.28. The summed E-state index contributed by atoms with van der Waals surface area (Å²) in [6, 6.07) is 15.4. The van der Waals surface area contributed by atoms with E-state index in [1.807, 2.05) is 13.0 Å². The van der Waals surface area contributed by atoms with Crippen LogP contribution in [-0.4, -0.2) is 21.4 Å². The molecule has 0 unspecified atom stereocenters. The summed E-state index contributed by atoms with van der Waals surface area (Å²) in [6.45, 7) is 1.54. The van der Waals surface area contributed by atoms with Gasteiger partial charge in [0.05, 0.1) is 22.8 Å². The van der Waals surface area contributed by atoms with E-state index >= 15 is 0 Å². The van der Waals surface area contributed by atoms with Gasteiger partial charge in [-0.25, -0.2) is 4.98 Å². The lowest BCUT2D eigenvalue weighted by Gasteiger charge is -2.11. The van der Waals surface area contributed by atoms with E-state index in [4.69, 9.17) is 0 Å². The number of alkyl halides is 3. The monoisotopic (exact) mass is 480 g/mol. The molecule has 0 aliphatic heterocycles. The second-order valence-electron chi connectivity index (χ2n) is 7.81. The highest BCUT2D eigenvalue weighted by Crippen LogP contribution is 2.30. The lowest BCUT2D eigenvalue weighted by molar-refractivity contribution is -0.137. The maximum atomic E-state index is 12.9. The minimum Gasteiger partial charge on any atom is -0.325 e. The number of benzene rings is 3. The van der Waals surface area contributed by atoms with E-state index < -0.39 is 23.6 Å². The number of carbonyl (C=O) groups excluding carboxylic acids is 2. The van der Waals surface area contributed by atoms with Crippen LogP contribution >= 0.6 is 0 Å². The number of carbonyl (C=O) groups is 2. The Morgan fingerprint density at radius 3 is 2.37 bits per heavy atom. The summed E-state index contributed by atoms with van der Waals surface area (Å²) in [5.74, 6) is -1.16. The van der Waals surface area contributed by atoms with Crippen molar-refractivity contribution in [2.75, 3.05) is 10.6 Å². The van der Waals surface area contributed by atoms with Gasteiger partial charge in [0, 0.05) is 16.9 Å². The summed E-state index contributed by atoms with van der Waals surface area (Å²) >= 11 is 0. The summed E-state index contributed by atoms with van der Waals surface area (Å²) in [4.78, 5) is 42.0. The Bertz CT molecular complexity index is 1500. The number of aromatic nitrogens is 2. The maximum Gasteiger partial charge on any atom is 0.416 e. The van der Waals surface area contributed by atoms with Crippen molar-refractivity contribution in [2.45, 2.75) is 19.6 Å². The Kier molecular flexibility index (Phi) is 6.37. The van der Waals surface area contributed by atoms with Crippen molar-refractivity contribution in [1.29, 1.82) is 0 Å². The van der Waals surface area contributed by atoms with E-state index in [0.29, 0.717) is 10.9 Å². The van der Waals surface area contributed by atoms with Gasteiger partial charge in [0.25, 0.3) is 11.5 Å². The molecule has 1 aromatic heterocycles. The molecule has 7 nitrogen and oxygen atoms in total. The van der Waals surface area contributed by atoms with E-state index in [1.54, 1.807) is 18.2 Å². The van der Waals surface area contributed by atoms with Crippen molar-refractivity contribution >= 4 is 34.1 Å². The molecule has 0 bridgehead atoms. The molecule has 2 N–H and O–H groups in total. The number of para-hydroxylation sites is 1. The second kappa shape index (κ2) is 9.41. The fraction of sp³-hybridized carbons (Fsp3) is 0.120. The number of anilines is 2. The van der Waals surface area contributed by atoms with Crippen molar-refractivity contribution in [3.8, 4) is 0 Å². The molecule has 35 heavy (non-hydrogen) atoms. The zero-order valence-electron chi connectivity index (χ0n) is 18.4. The first-order valence-corrected chi connectivity index (χ1v) is 10.4. The molecule has 10 heteroatoms. The zero-order chi connectivity index (χ0) is 25.2. The van der Waals surface area contributed by atoms with Gasteiger partial charge in [-0.05, 0) is 55.0 Å². The van der Waals surface area contributed by atoms with Gasteiger partial charge in [-0.2, -0.15) is 13.2 Å². The van der Waals surface area contributed by atoms with Gasteiger partial charge in [0.1, 0.15) is 6.54 Å². The van der Waals surface area contributed by atoms with Crippen LogP contribution < -0.4 is 16.2 Å². The molecule has 0 saturated heterocycles. The Morgan fingerprint density at radius 1 is 0.943 bits per heavy atom. The molecule has 3 aromatic carbocycles. The van der Waals surface area contributed by atoms with E-state index in [2.05, 4.69) is 15.6 Å². The van der Waals surface area contributed by atoms with Crippen LogP contribution in [0.15, 0.2) is 77.9 Å². The summed E-state index contributed by atoms with van der Waals surface area (Å²) in [5.41, 5.74) is 0.556. The van der Waals surface area contributed by atoms with Gasteiger partial charge in [0.2, 0.25) is 5.91 Å². The molecular formula is C25H19F3N4O3. The van der Waals surface area contributed by atoms with Crippen LogP contribution in [-0.2, 0) is 17.5 Å². The first-order valence-electron chi connectivity index (χ1n) is 10.4. The smallest absolute Gasteiger partial charge is 0.325 e. The molecule has 0 atom stereocenters. The molecular weight excluding hydrogens is 461 g/mol. The topological polar surface area (TPSA) is 93.1 Å². The van der Waals surface area contributed by atoms with E-state index in [9.17, 15) is 27.6 Å². The van der Waals surface area contributed by atoms with Crippen LogP contribution in [0.3, 0.4) is 0 Å². The number of rotatable bonds is 5. The van der Waals surface area contributed by atoms with Crippen molar-refractivity contribution in [3.05, 3.63) is 100 Å². The summed E-state index contributed by atoms with van der Waals surface area (Å²) in [5, 5.41) is 5.42. The highest BCUT2D eigenvalue weighted by Gasteiger charge is 2.30. The molecule has 4 rings (SSSR count). The van der Waals surface area contributed by atoms with E-state index in [0.717, 1.165) is 17.7 Å². The Balaban J connectivity index is 1.46. The SMILES string of the molecule is Cc1cccc2c(=O)n(CC(=O)Nc3cccc(C(=O)Nc4cccc(C(F)(F)F)c4)c3)cnc12. The minimum atomic E-state index is -4.54. The van der Waals surface area contributed by atoms with Crippen molar-refractivity contribution in [2.24, 2.45) is 0 Å². The summed E-state index contributed by atoms with van der Waals surface area (Å²) < 4.78 is 39.9. The predicted octanol–water partition coefficient (Wildman–Crippen LogP) is 4.61. The third-order valence-electron chi connectivity index (χ3n) is 5.23. The average Bonchev–Trinajstić information content (AvgIpc) is 2.81. The van der Waals surface area contributed by atoms with E-state index in [1.165, 1.54) is 41.2 Å². The van der Waals surface area contributed by atoms with Crippen molar-refractivity contribution in [3.63, 3.8) is 0 Å². The molecule has 0 spiro atoms. The highest BCUT2D eigenvalue weighted by atomic mass is 19.4. The lowest BCUT2D eigenvalue weighted by atomic mass is 10.1. The van der Waals surface area contributed by atoms with E-state index in [-0.39, 0.29) is 29.0 Å². The normalized spacial score (nSPS) is 11.3. The fourth-order valence-corrected chi connectivity index (χ4v) is 3.52.